The molecule has 3 aromatic heterocycles. The summed E-state index contributed by atoms with van der Waals surface area (Å²) in [7, 11) is -8.33. The Kier molecular flexibility index (Phi) is 20.1. The molecule has 4 aromatic carbocycles. The number of imidazole rings is 1. The Bertz CT molecular complexity index is 2930. The molecule has 8 N–H and O–H groups in total. The molecular formula is C50H57N9O8S2. The van der Waals surface area contributed by atoms with Crippen molar-refractivity contribution in [2.75, 3.05) is 23.7 Å². The van der Waals surface area contributed by atoms with Crippen LogP contribution in [0.4, 0.5) is 11.4 Å². The van der Waals surface area contributed by atoms with Crippen molar-refractivity contribution in [3.8, 4) is 23.0 Å². The van der Waals surface area contributed by atoms with Crippen LogP contribution in [0.25, 0.3) is 0 Å². The van der Waals surface area contributed by atoms with Crippen molar-refractivity contribution >= 4 is 43.1 Å². The van der Waals surface area contributed by atoms with Gasteiger partial charge in [-0.3, -0.25) is 24.1 Å². The van der Waals surface area contributed by atoms with E-state index in [4.69, 9.17) is 25.5 Å². The number of rotatable bonds is 20. The number of ether oxygens (including phenoxy) is 2. The van der Waals surface area contributed by atoms with Crippen molar-refractivity contribution in [2.24, 2.45) is 16.0 Å². The van der Waals surface area contributed by atoms with Gasteiger partial charge < -0.3 is 25.8 Å². The van der Waals surface area contributed by atoms with E-state index < -0.39 is 26.0 Å². The number of Topliss-reactive ketones (excluding diaryl/α,β-unsaturated/α-hetero) is 1. The molecule has 0 saturated carbocycles. The lowest BCUT2D eigenvalue weighted by Gasteiger charge is -2.18. The SMILES string of the molecule is CCCCNc1cc(C(=O)CCc2ccncc2)cc(S(N)(=O)=O)c1Oc1ccccc1.CCCCNc1cc(C(=O)n2ccnc2)cc(S(N)(=O)=O)c1Oc1ccccc1.NCc1ccncc1. The molecule has 0 amide bonds. The average Bonchev–Trinajstić information content (AvgIpc) is 3.90. The van der Waals surface area contributed by atoms with E-state index in [0.29, 0.717) is 48.9 Å². The highest BCUT2D eigenvalue weighted by Crippen LogP contribution is 2.39. The molecule has 7 rings (SSSR count). The van der Waals surface area contributed by atoms with Crippen molar-refractivity contribution in [2.45, 2.75) is 68.7 Å². The Balaban J connectivity index is 0.000000222. The van der Waals surface area contributed by atoms with E-state index >= 15 is 0 Å². The summed E-state index contributed by atoms with van der Waals surface area (Å²) in [4.78, 5) is 36.9. The molecule has 362 valence electrons. The number of hydrogen-bond donors (Lipinski definition) is 5. The second-order valence-electron chi connectivity index (χ2n) is 15.3. The van der Waals surface area contributed by atoms with Gasteiger partial charge in [0.1, 0.15) is 27.6 Å². The molecule has 0 atom stereocenters. The van der Waals surface area contributed by atoms with Gasteiger partial charge >= 0.3 is 0 Å². The van der Waals surface area contributed by atoms with E-state index in [1.165, 1.54) is 35.4 Å². The Morgan fingerprint density at radius 2 is 1.07 bits per heavy atom. The maximum Gasteiger partial charge on any atom is 0.263 e. The van der Waals surface area contributed by atoms with Crippen LogP contribution in [-0.2, 0) is 33.0 Å². The molecule has 0 bridgehead atoms. The maximum absolute atomic E-state index is 12.9. The summed E-state index contributed by atoms with van der Waals surface area (Å²) in [6.45, 7) is 5.87. The average molecular weight is 976 g/mol. The van der Waals surface area contributed by atoms with Gasteiger partial charge in [0.25, 0.3) is 5.91 Å². The third kappa shape index (κ3) is 16.5. The summed E-state index contributed by atoms with van der Waals surface area (Å²) in [5.41, 5.74) is 8.63. The summed E-state index contributed by atoms with van der Waals surface area (Å²) in [6.07, 6.45) is 15.5. The summed E-state index contributed by atoms with van der Waals surface area (Å²) < 4.78 is 62.6. The second kappa shape index (κ2) is 26.3. The first-order chi connectivity index (χ1) is 33.2. The van der Waals surface area contributed by atoms with Gasteiger partial charge in [0, 0.05) is 74.4 Å². The minimum Gasteiger partial charge on any atom is -0.454 e. The van der Waals surface area contributed by atoms with Crippen molar-refractivity contribution in [3.05, 3.63) is 175 Å². The van der Waals surface area contributed by atoms with Gasteiger partial charge in [-0.25, -0.2) is 32.1 Å². The van der Waals surface area contributed by atoms with E-state index in [1.54, 1.807) is 85.5 Å². The number of ketones is 1. The molecule has 0 saturated heterocycles. The molecule has 0 fully saturated rings. The van der Waals surface area contributed by atoms with Crippen LogP contribution in [-0.4, -0.2) is 61.1 Å². The van der Waals surface area contributed by atoms with Gasteiger partial charge in [0.05, 0.1) is 11.4 Å². The molecule has 0 unspecified atom stereocenters. The first-order valence-electron chi connectivity index (χ1n) is 22.1. The van der Waals surface area contributed by atoms with Gasteiger partial charge in [-0.05, 0) is 103 Å². The predicted octanol–water partition coefficient (Wildman–Crippen LogP) is 8.31. The number of nitrogens with two attached hydrogens (primary N) is 3. The standard InChI is InChI=1S/C24H27N3O4S.C20H22N4O4S.C6H8N2/c1-2-3-13-27-21-16-19(22(28)10-9-18-11-14-26-15-12-18)17-23(32(25,29)30)24(21)31-20-7-5-4-6-8-20;1-2-3-9-23-17-12-15(20(25)24-11-10-22-14-24)13-18(29(21,26)27)19(17)28-16-7-5-4-6-8-16;7-5-6-1-3-8-4-2-6/h4-8,11-12,14-17,27H,2-3,9-10,13H2,1H3,(H2,25,29,30);4-8,10-14,23H,2-3,9H2,1H3,(H2,21,26,27);1-4H,5,7H2. The van der Waals surface area contributed by atoms with Gasteiger partial charge in [-0.1, -0.05) is 63.1 Å². The van der Waals surface area contributed by atoms with Crippen LogP contribution in [0, 0.1) is 0 Å². The summed E-state index contributed by atoms with van der Waals surface area (Å²) in [5, 5.41) is 17.3. The smallest absolute Gasteiger partial charge is 0.263 e. The van der Waals surface area contributed by atoms with Crippen LogP contribution in [0.2, 0.25) is 0 Å². The highest BCUT2D eigenvalue weighted by Gasteiger charge is 2.25. The van der Waals surface area contributed by atoms with Gasteiger partial charge in [0.15, 0.2) is 17.3 Å². The van der Waals surface area contributed by atoms with Crippen LogP contribution in [0.15, 0.2) is 162 Å². The molecule has 69 heavy (non-hydrogen) atoms. The molecule has 0 radical (unpaired) electrons. The lowest BCUT2D eigenvalue weighted by atomic mass is 10.0. The van der Waals surface area contributed by atoms with E-state index in [-0.39, 0.29) is 44.6 Å². The summed E-state index contributed by atoms with van der Waals surface area (Å²) in [6, 6.07) is 30.8. The van der Waals surface area contributed by atoms with E-state index in [9.17, 15) is 26.4 Å². The molecule has 7 aromatic rings. The molecular weight excluding hydrogens is 919 g/mol. The largest absolute Gasteiger partial charge is 0.454 e. The normalized spacial score (nSPS) is 11.0. The fraction of sp³-hybridized carbons (Fsp3) is 0.220. The Morgan fingerprint density at radius 3 is 1.49 bits per heavy atom. The van der Waals surface area contributed by atoms with Crippen molar-refractivity contribution in [1.29, 1.82) is 0 Å². The van der Waals surface area contributed by atoms with E-state index in [1.807, 2.05) is 43.3 Å². The number of carbonyl (C=O) groups excluding carboxylic acids is 2. The molecule has 0 aliphatic carbocycles. The molecule has 19 heteroatoms. The molecule has 0 spiro atoms. The number of para-hydroxylation sites is 2. The minimum absolute atomic E-state index is 0.0528. The molecule has 3 heterocycles. The highest BCUT2D eigenvalue weighted by molar-refractivity contribution is 7.89. The number of benzene rings is 4. The van der Waals surface area contributed by atoms with Crippen LogP contribution >= 0.6 is 0 Å². The van der Waals surface area contributed by atoms with Crippen LogP contribution in [0.3, 0.4) is 0 Å². The fourth-order valence-corrected chi connectivity index (χ4v) is 7.80. The number of aromatic nitrogens is 4. The fourth-order valence-electron chi connectivity index (χ4n) is 6.40. The number of hydrogen-bond acceptors (Lipinski definition) is 14. The number of nitrogens with zero attached hydrogens (tertiary/aromatic N) is 4. The van der Waals surface area contributed by atoms with Gasteiger partial charge in [-0.2, -0.15) is 0 Å². The summed E-state index contributed by atoms with van der Waals surface area (Å²) in [5.74, 6) is 0.434. The minimum atomic E-state index is -4.17. The Labute approximate surface area is 403 Å². The van der Waals surface area contributed by atoms with E-state index in [2.05, 4.69) is 32.5 Å². The predicted molar refractivity (Wildman–Crippen MR) is 266 cm³/mol. The Morgan fingerprint density at radius 1 is 0.609 bits per heavy atom. The number of unbranched alkanes of at least 4 members (excludes halogenated alkanes) is 2. The number of pyridine rings is 2. The summed E-state index contributed by atoms with van der Waals surface area (Å²) >= 11 is 0. The van der Waals surface area contributed by atoms with Gasteiger partial charge in [-0.15, -0.1) is 0 Å². The molecule has 17 nitrogen and oxygen atoms in total. The third-order valence-electron chi connectivity index (χ3n) is 10.0. The van der Waals surface area contributed by atoms with Crippen LogP contribution < -0.4 is 36.1 Å². The molecule has 0 aliphatic heterocycles. The monoisotopic (exact) mass is 975 g/mol. The second-order valence-corrected chi connectivity index (χ2v) is 18.4. The zero-order valence-electron chi connectivity index (χ0n) is 38.4. The number of sulfonamides is 2. The lowest BCUT2D eigenvalue weighted by Crippen LogP contribution is -2.18. The maximum atomic E-state index is 12.9. The first kappa shape index (κ1) is 52.7. The van der Waals surface area contributed by atoms with Crippen LogP contribution in [0.5, 0.6) is 23.0 Å². The van der Waals surface area contributed by atoms with E-state index in [0.717, 1.165) is 36.8 Å². The number of primary sulfonamides is 2. The Hall–Kier alpha value is -7.29. The lowest BCUT2D eigenvalue weighted by molar-refractivity contribution is 0.0957. The number of anilines is 2. The topological polar surface area (TPSA) is 267 Å². The number of aryl methyl sites for hydroxylation is 1. The zero-order valence-corrected chi connectivity index (χ0v) is 40.0. The molecule has 0 aliphatic rings. The zero-order chi connectivity index (χ0) is 49.7. The van der Waals surface area contributed by atoms with Crippen molar-refractivity contribution in [1.82, 2.24) is 19.5 Å². The van der Waals surface area contributed by atoms with Gasteiger partial charge in [0.2, 0.25) is 20.0 Å². The van der Waals surface area contributed by atoms with Crippen molar-refractivity contribution < 1.29 is 35.9 Å². The third-order valence-corrected chi connectivity index (χ3v) is 11.9. The van der Waals surface area contributed by atoms with Crippen molar-refractivity contribution in [3.63, 3.8) is 0 Å². The van der Waals surface area contributed by atoms with Crippen LogP contribution in [0.1, 0.15) is 77.8 Å². The first-order valence-corrected chi connectivity index (χ1v) is 25.2. The number of carbonyl (C=O) groups is 2. The number of nitrogens with one attached hydrogen (secondary N) is 2. The quantitative estimate of drug-likeness (QED) is 0.0355. The highest BCUT2D eigenvalue weighted by atomic mass is 32.2.